The second-order valence-corrected chi connectivity index (χ2v) is 6.66. The van der Waals surface area contributed by atoms with E-state index in [1.54, 1.807) is 0 Å². The Labute approximate surface area is 116 Å². The molecule has 0 spiro atoms. The van der Waals surface area contributed by atoms with Crippen molar-refractivity contribution in [2.24, 2.45) is 0 Å². The number of nitrogens with zero attached hydrogens (tertiary/aromatic N) is 1. The van der Waals surface area contributed by atoms with Crippen LogP contribution in [0.1, 0.15) is 52.4 Å². The average Bonchev–Trinajstić information content (AvgIpc) is 2.39. The zero-order valence-electron chi connectivity index (χ0n) is 12.4. The van der Waals surface area contributed by atoms with Gasteiger partial charge in [0.05, 0.1) is 6.61 Å². The topological polar surface area (TPSA) is 35.5 Å². The number of piperidine rings is 1. The second kappa shape index (κ2) is 6.51. The molecular formula is C15H29FN2O. The molecule has 1 aliphatic carbocycles. The fraction of sp³-hybridized carbons (Fsp3) is 1.00. The molecule has 0 unspecified atom stereocenters. The van der Waals surface area contributed by atoms with Crippen LogP contribution >= 0.6 is 0 Å². The fourth-order valence-electron chi connectivity index (χ4n) is 3.70. The molecule has 0 radical (unpaired) electrons. The third kappa shape index (κ3) is 3.89. The first-order valence-corrected chi connectivity index (χ1v) is 7.84. The number of hydrogen-bond donors (Lipinski definition) is 2. The molecule has 3 nitrogen and oxygen atoms in total. The number of halogens is 1. The van der Waals surface area contributed by atoms with Gasteiger partial charge in [-0.3, -0.25) is 4.90 Å². The number of alkyl halides is 1. The molecule has 0 aromatic carbocycles. The molecule has 2 N–H and O–H groups in total. The van der Waals surface area contributed by atoms with E-state index in [-0.39, 0.29) is 6.61 Å². The quantitative estimate of drug-likeness (QED) is 0.822. The van der Waals surface area contributed by atoms with Gasteiger partial charge in [0.25, 0.3) is 0 Å². The van der Waals surface area contributed by atoms with Gasteiger partial charge in [-0.25, -0.2) is 4.39 Å². The smallest absolute Gasteiger partial charge is 0.146 e. The maximum atomic E-state index is 14.4. The lowest BCUT2D eigenvalue weighted by atomic mass is 9.85. The molecule has 4 heteroatoms. The van der Waals surface area contributed by atoms with Crippen molar-refractivity contribution < 1.29 is 9.50 Å². The van der Waals surface area contributed by atoms with Gasteiger partial charge in [0.2, 0.25) is 0 Å². The molecule has 0 bridgehead atoms. The molecule has 1 saturated carbocycles. The number of hydrogen-bond acceptors (Lipinski definition) is 3. The van der Waals surface area contributed by atoms with Gasteiger partial charge in [0.1, 0.15) is 5.67 Å². The number of aliphatic hydroxyl groups is 1. The van der Waals surface area contributed by atoms with Crippen molar-refractivity contribution in [3.63, 3.8) is 0 Å². The highest BCUT2D eigenvalue weighted by atomic mass is 19.1. The monoisotopic (exact) mass is 272 g/mol. The van der Waals surface area contributed by atoms with Gasteiger partial charge in [0, 0.05) is 24.7 Å². The Bertz CT molecular complexity index is 287. The molecule has 2 rings (SSSR count). The van der Waals surface area contributed by atoms with Gasteiger partial charge in [-0.05, 0) is 32.2 Å². The van der Waals surface area contributed by atoms with E-state index in [4.69, 9.17) is 0 Å². The molecule has 1 heterocycles. The lowest BCUT2D eigenvalue weighted by Crippen LogP contribution is -2.58. The normalized spacial score (nSPS) is 37.7. The number of likely N-dealkylation sites (tertiary alicyclic amines) is 1. The number of aliphatic hydroxyl groups excluding tert-OH is 1. The zero-order valence-corrected chi connectivity index (χ0v) is 12.4. The molecule has 2 fully saturated rings. The zero-order chi connectivity index (χ0) is 13.9. The molecule has 3 atom stereocenters. The minimum absolute atomic E-state index is 0.335. The summed E-state index contributed by atoms with van der Waals surface area (Å²) >= 11 is 0. The summed E-state index contributed by atoms with van der Waals surface area (Å²) in [6.45, 7) is 5.40. The third-order valence-electron chi connectivity index (χ3n) is 4.59. The second-order valence-electron chi connectivity index (χ2n) is 6.66. The maximum Gasteiger partial charge on any atom is 0.146 e. The Morgan fingerprint density at radius 2 is 2.05 bits per heavy atom. The summed E-state index contributed by atoms with van der Waals surface area (Å²) in [6, 6.07) is 1.40. The molecule has 1 saturated heterocycles. The Morgan fingerprint density at radius 3 is 2.74 bits per heavy atom. The van der Waals surface area contributed by atoms with E-state index in [0.717, 1.165) is 19.4 Å². The Hall–Kier alpha value is -0.190. The summed E-state index contributed by atoms with van der Waals surface area (Å²) in [7, 11) is 0. The molecule has 0 aromatic rings. The minimum atomic E-state index is -1.38. The van der Waals surface area contributed by atoms with E-state index in [0.29, 0.717) is 31.1 Å². The summed E-state index contributed by atoms with van der Waals surface area (Å²) in [5, 5.41) is 12.9. The predicted molar refractivity (Wildman–Crippen MR) is 76.0 cm³/mol. The summed E-state index contributed by atoms with van der Waals surface area (Å²) < 4.78 is 14.4. The lowest BCUT2D eigenvalue weighted by molar-refractivity contribution is -0.0282. The summed E-state index contributed by atoms with van der Waals surface area (Å²) in [6.07, 6.45) is 6.24. The Morgan fingerprint density at radius 1 is 1.32 bits per heavy atom. The highest BCUT2D eigenvalue weighted by Gasteiger charge is 2.40. The van der Waals surface area contributed by atoms with Gasteiger partial charge in [-0.1, -0.05) is 26.7 Å². The largest absolute Gasteiger partial charge is 0.393 e. The van der Waals surface area contributed by atoms with Gasteiger partial charge >= 0.3 is 0 Å². The summed E-state index contributed by atoms with van der Waals surface area (Å²) in [4.78, 5) is 2.29. The van der Waals surface area contributed by atoms with Gasteiger partial charge in [-0.15, -0.1) is 0 Å². The molecule has 1 aliphatic heterocycles. The lowest BCUT2D eigenvalue weighted by Gasteiger charge is -2.46. The minimum Gasteiger partial charge on any atom is -0.393 e. The van der Waals surface area contributed by atoms with Crippen LogP contribution < -0.4 is 5.32 Å². The summed E-state index contributed by atoms with van der Waals surface area (Å²) in [5.74, 6) is 0. The van der Waals surface area contributed by atoms with Crippen LogP contribution in [0.15, 0.2) is 0 Å². The first-order valence-electron chi connectivity index (χ1n) is 7.84. The van der Waals surface area contributed by atoms with E-state index < -0.39 is 5.67 Å². The predicted octanol–water partition coefficient (Wildman–Crippen LogP) is 2.09. The van der Waals surface area contributed by atoms with Crippen molar-refractivity contribution in [3.8, 4) is 0 Å². The van der Waals surface area contributed by atoms with Crippen molar-refractivity contribution in [3.05, 3.63) is 0 Å². The van der Waals surface area contributed by atoms with Crippen molar-refractivity contribution in [1.29, 1.82) is 0 Å². The van der Waals surface area contributed by atoms with E-state index in [1.807, 2.05) is 0 Å². The van der Waals surface area contributed by atoms with Gasteiger partial charge in [-0.2, -0.15) is 0 Å². The Balaban J connectivity index is 2.00. The van der Waals surface area contributed by atoms with Crippen LogP contribution in [-0.4, -0.2) is 53.5 Å². The van der Waals surface area contributed by atoms with Crippen LogP contribution in [0.3, 0.4) is 0 Å². The number of nitrogens with one attached hydrogen (secondary N) is 1. The van der Waals surface area contributed by atoms with Crippen LogP contribution in [0, 0.1) is 0 Å². The standard InChI is InChI=1S/C15H29FN2O/c1-12(2)17-13-6-3-4-7-14(13)18-9-5-8-15(16,10-18)11-19/h12-14,17,19H,3-11H2,1-2H3/t13-,14-,15-/m0/s1. The van der Waals surface area contributed by atoms with Gasteiger partial charge in [0.15, 0.2) is 0 Å². The van der Waals surface area contributed by atoms with Crippen molar-refractivity contribution in [2.45, 2.75) is 76.2 Å². The van der Waals surface area contributed by atoms with Crippen LogP contribution in [0.5, 0.6) is 0 Å². The van der Waals surface area contributed by atoms with E-state index in [9.17, 15) is 9.50 Å². The van der Waals surface area contributed by atoms with Crippen molar-refractivity contribution in [1.82, 2.24) is 10.2 Å². The van der Waals surface area contributed by atoms with Crippen LogP contribution in [0.2, 0.25) is 0 Å². The van der Waals surface area contributed by atoms with Crippen molar-refractivity contribution >= 4 is 0 Å². The highest BCUT2D eigenvalue weighted by Crippen LogP contribution is 2.31. The SMILES string of the molecule is CC(C)N[C@H]1CCCC[C@@H]1N1CCC[C@@](F)(CO)C1. The van der Waals surface area contributed by atoms with Crippen LogP contribution in [0.4, 0.5) is 4.39 Å². The first-order chi connectivity index (χ1) is 9.04. The van der Waals surface area contributed by atoms with Crippen LogP contribution in [-0.2, 0) is 0 Å². The molecule has 19 heavy (non-hydrogen) atoms. The Kier molecular flexibility index (Phi) is 5.21. The highest BCUT2D eigenvalue weighted by molar-refractivity contribution is 4.95. The average molecular weight is 272 g/mol. The van der Waals surface area contributed by atoms with E-state index in [1.165, 1.54) is 19.3 Å². The van der Waals surface area contributed by atoms with Crippen molar-refractivity contribution in [2.75, 3.05) is 19.7 Å². The first kappa shape index (κ1) is 15.2. The molecule has 112 valence electrons. The van der Waals surface area contributed by atoms with E-state index in [2.05, 4.69) is 24.1 Å². The molecular weight excluding hydrogens is 243 g/mol. The molecule has 0 amide bonds. The molecule has 0 aromatic heterocycles. The van der Waals surface area contributed by atoms with E-state index >= 15 is 0 Å². The molecule has 2 aliphatic rings. The van der Waals surface area contributed by atoms with Gasteiger partial charge < -0.3 is 10.4 Å². The summed E-state index contributed by atoms with van der Waals surface area (Å²) in [5.41, 5.74) is -1.38. The fourth-order valence-corrected chi connectivity index (χ4v) is 3.70. The van der Waals surface area contributed by atoms with Crippen LogP contribution in [0.25, 0.3) is 0 Å². The third-order valence-corrected chi connectivity index (χ3v) is 4.59. The number of rotatable bonds is 4. The maximum absolute atomic E-state index is 14.4.